The first-order chi connectivity index (χ1) is 20.3. The van der Waals surface area contributed by atoms with Gasteiger partial charge in [-0.2, -0.15) is 0 Å². The van der Waals surface area contributed by atoms with E-state index in [1.807, 2.05) is 12.1 Å². The Labute approximate surface area is 244 Å². The highest BCUT2D eigenvalue weighted by Crippen LogP contribution is 2.31. The maximum atomic E-state index is 13.8. The fourth-order valence-electron chi connectivity index (χ4n) is 4.68. The number of carbonyl (C=O) groups excluding carboxylic acids is 1. The molecule has 10 nitrogen and oxygen atoms in total. The third kappa shape index (κ3) is 5.72. The number of rotatable bonds is 9. The number of hydrogen-bond acceptors (Lipinski definition) is 9. The van der Waals surface area contributed by atoms with Crippen molar-refractivity contribution in [2.75, 3.05) is 13.7 Å². The number of aromatic nitrogens is 1. The van der Waals surface area contributed by atoms with Gasteiger partial charge in [-0.25, -0.2) is 9.79 Å². The van der Waals surface area contributed by atoms with Crippen LogP contribution in [-0.4, -0.2) is 29.2 Å². The van der Waals surface area contributed by atoms with Crippen molar-refractivity contribution >= 4 is 29.1 Å². The van der Waals surface area contributed by atoms with E-state index < -0.39 is 16.9 Å². The van der Waals surface area contributed by atoms with Crippen LogP contribution in [0.25, 0.3) is 6.08 Å². The van der Waals surface area contributed by atoms with Gasteiger partial charge in [-0.3, -0.25) is 19.5 Å². The molecule has 0 spiro atoms. The zero-order valence-corrected chi connectivity index (χ0v) is 23.9. The maximum Gasteiger partial charge on any atom is 0.338 e. The van der Waals surface area contributed by atoms with Crippen LogP contribution in [0.1, 0.15) is 36.6 Å². The standard InChI is InChI=1S/C31H27N3O7S/c1-4-40-30(36)27-19(2)32-31-33(28(27)21-11-15-23(39-3)16-12-21)29(35)26(42-31)17-20-9-13-24(14-10-20)41-18-22-7-5-6-8-25(22)34(37)38/h5-17,28H,4,18H2,1-3H3/b26-17+/t28-/m1/s1. The van der Waals surface area contributed by atoms with Gasteiger partial charge >= 0.3 is 5.97 Å². The number of carbonyl (C=O) groups is 1. The van der Waals surface area contributed by atoms with Gasteiger partial charge in [0.15, 0.2) is 4.80 Å². The minimum Gasteiger partial charge on any atom is -0.497 e. The van der Waals surface area contributed by atoms with Crippen molar-refractivity contribution in [3.05, 3.63) is 131 Å². The number of esters is 1. The summed E-state index contributed by atoms with van der Waals surface area (Å²) in [6.07, 6.45) is 1.75. The molecule has 5 rings (SSSR count). The lowest BCUT2D eigenvalue weighted by molar-refractivity contribution is -0.385. The molecule has 1 aliphatic heterocycles. The van der Waals surface area contributed by atoms with Gasteiger partial charge < -0.3 is 14.2 Å². The first-order valence-electron chi connectivity index (χ1n) is 13.1. The lowest BCUT2D eigenvalue weighted by atomic mass is 9.96. The molecule has 0 saturated heterocycles. The van der Waals surface area contributed by atoms with Gasteiger partial charge in [-0.1, -0.05) is 47.7 Å². The second kappa shape index (κ2) is 12.2. The van der Waals surface area contributed by atoms with Crippen LogP contribution in [0.2, 0.25) is 0 Å². The van der Waals surface area contributed by atoms with Crippen molar-refractivity contribution in [2.45, 2.75) is 26.5 Å². The average Bonchev–Trinajstić information content (AvgIpc) is 3.30. The fraction of sp³-hybridized carbons (Fsp3) is 0.194. The van der Waals surface area contributed by atoms with E-state index >= 15 is 0 Å². The van der Waals surface area contributed by atoms with Crippen LogP contribution in [0, 0.1) is 10.1 Å². The number of nitro benzene ring substituents is 1. The Morgan fingerprint density at radius 3 is 2.43 bits per heavy atom. The molecule has 0 saturated carbocycles. The van der Waals surface area contributed by atoms with Crippen molar-refractivity contribution in [2.24, 2.45) is 4.99 Å². The highest BCUT2D eigenvalue weighted by atomic mass is 32.1. The van der Waals surface area contributed by atoms with Gasteiger partial charge in [0, 0.05) is 6.07 Å². The van der Waals surface area contributed by atoms with Crippen LogP contribution < -0.4 is 24.4 Å². The lowest BCUT2D eigenvalue weighted by Gasteiger charge is -2.24. The topological polar surface area (TPSA) is 122 Å². The van der Waals surface area contributed by atoms with Crippen molar-refractivity contribution in [3.63, 3.8) is 0 Å². The number of nitrogens with zero attached hydrogens (tertiary/aromatic N) is 3. The van der Waals surface area contributed by atoms with Crippen molar-refractivity contribution < 1.29 is 23.9 Å². The van der Waals surface area contributed by atoms with Gasteiger partial charge in [-0.15, -0.1) is 0 Å². The SMILES string of the molecule is CCOC(=O)C1=C(C)N=c2s/c(=C/c3ccc(OCc4ccccc4[N+](=O)[O-])cc3)c(=O)n2[C@@H]1c1ccc(OC)cc1. The highest BCUT2D eigenvalue weighted by Gasteiger charge is 2.33. The summed E-state index contributed by atoms with van der Waals surface area (Å²) >= 11 is 1.23. The molecule has 0 radical (unpaired) electrons. The van der Waals surface area contributed by atoms with E-state index in [9.17, 15) is 19.7 Å². The molecular formula is C31H27N3O7S. The number of allylic oxidation sites excluding steroid dienone is 1. The van der Waals surface area contributed by atoms with Gasteiger partial charge in [0.25, 0.3) is 11.2 Å². The van der Waals surface area contributed by atoms with Gasteiger partial charge in [0.05, 0.1) is 46.0 Å². The second-order valence-corrected chi connectivity index (χ2v) is 10.3. The van der Waals surface area contributed by atoms with Gasteiger partial charge in [-0.05, 0) is 61.4 Å². The maximum absolute atomic E-state index is 13.8. The molecule has 214 valence electrons. The van der Waals surface area contributed by atoms with E-state index in [0.29, 0.717) is 37.7 Å². The summed E-state index contributed by atoms with van der Waals surface area (Å²) in [5.41, 5.74) is 2.45. The molecule has 1 aromatic heterocycles. The Balaban J connectivity index is 1.48. The molecular weight excluding hydrogens is 558 g/mol. The zero-order chi connectivity index (χ0) is 29.8. The van der Waals surface area contributed by atoms with E-state index in [4.69, 9.17) is 14.2 Å². The predicted molar refractivity (Wildman–Crippen MR) is 157 cm³/mol. The number of para-hydroxylation sites is 1. The molecule has 0 bridgehead atoms. The summed E-state index contributed by atoms with van der Waals surface area (Å²) in [5, 5.41) is 11.3. The van der Waals surface area contributed by atoms with Crippen LogP contribution in [0.15, 0.2) is 93.9 Å². The predicted octanol–water partition coefficient (Wildman–Crippen LogP) is 4.29. The molecule has 1 atom stereocenters. The largest absolute Gasteiger partial charge is 0.497 e. The Kier molecular flexibility index (Phi) is 8.30. The minimum atomic E-state index is -0.717. The molecule has 11 heteroatoms. The van der Waals surface area contributed by atoms with E-state index in [-0.39, 0.29) is 24.5 Å². The summed E-state index contributed by atoms with van der Waals surface area (Å²) in [7, 11) is 1.57. The average molecular weight is 586 g/mol. The Morgan fingerprint density at radius 2 is 1.76 bits per heavy atom. The second-order valence-electron chi connectivity index (χ2n) is 9.32. The first kappa shape index (κ1) is 28.5. The number of hydrogen-bond donors (Lipinski definition) is 0. The monoisotopic (exact) mass is 585 g/mol. The van der Waals surface area contributed by atoms with E-state index in [1.54, 1.807) is 81.6 Å². The quantitative estimate of drug-likeness (QED) is 0.163. The normalized spacial score (nSPS) is 14.6. The van der Waals surface area contributed by atoms with Crippen LogP contribution in [0.5, 0.6) is 11.5 Å². The van der Waals surface area contributed by atoms with Gasteiger partial charge in [0.2, 0.25) is 0 Å². The van der Waals surface area contributed by atoms with E-state index in [2.05, 4.69) is 4.99 Å². The summed E-state index contributed by atoms with van der Waals surface area (Å²) < 4.78 is 18.4. The summed E-state index contributed by atoms with van der Waals surface area (Å²) in [6.45, 7) is 3.70. The first-order valence-corrected chi connectivity index (χ1v) is 13.9. The van der Waals surface area contributed by atoms with Crippen molar-refractivity contribution in [1.82, 2.24) is 4.57 Å². The summed E-state index contributed by atoms with van der Waals surface area (Å²) in [5.74, 6) is 0.658. The molecule has 42 heavy (non-hydrogen) atoms. The number of fused-ring (bicyclic) bond motifs is 1. The Bertz CT molecular complexity index is 1860. The molecule has 0 fully saturated rings. The third-order valence-corrected chi connectivity index (χ3v) is 7.69. The lowest BCUT2D eigenvalue weighted by Crippen LogP contribution is -2.39. The van der Waals surface area contributed by atoms with E-state index in [1.165, 1.54) is 22.0 Å². The molecule has 0 aliphatic carbocycles. The highest BCUT2D eigenvalue weighted by molar-refractivity contribution is 7.07. The van der Waals surface area contributed by atoms with Crippen LogP contribution >= 0.6 is 11.3 Å². The van der Waals surface area contributed by atoms with Crippen molar-refractivity contribution in [3.8, 4) is 11.5 Å². The molecule has 0 amide bonds. The Morgan fingerprint density at radius 1 is 1.07 bits per heavy atom. The molecule has 2 heterocycles. The molecule has 4 aromatic rings. The van der Waals surface area contributed by atoms with Crippen LogP contribution in [0.4, 0.5) is 5.69 Å². The van der Waals surface area contributed by atoms with E-state index in [0.717, 1.165) is 11.1 Å². The fourth-order valence-corrected chi connectivity index (χ4v) is 5.72. The molecule has 1 aliphatic rings. The smallest absolute Gasteiger partial charge is 0.338 e. The zero-order valence-electron chi connectivity index (χ0n) is 23.1. The Hall–Kier alpha value is -5.03. The minimum absolute atomic E-state index is 0.00112. The van der Waals surface area contributed by atoms with Crippen LogP contribution in [-0.2, 0) is 16.1 Å². The summed E-state index contributed by atoms with van der Waals surface area (Å²) in [4.78, 5) is 42.7. The number of thiazole rings is 1. The van der Waals surface area contributed by atoms with Gasteiger partial charge in [0.1, 0.15) is 18.1 Å². The number of benzene rings is 3. The number of nitro groups is 1. The van der Waals surface area contributed by atoms with Crippen LogP contribution in [0.3, 0.4) is 0 Å². The third-order valence-electron chi connectivity index (χ3n) is 6.71. The van der Waals surface area contributed by atoms with Crippen molar-refractivity contribution in [1.29, 1.82) is 0 Å². The molecule has 0 unspecified atom stereocenters. The molecule has 3 aromatic carbocycles. The summed E-state index contributed by atoms with van der Waals surface area (Å²) in [6, 6.07) is 20.0. The number of ether oxygens (including phenoxy) is 3. The molecule has 0 N–H and O–H groups in total. The number of methoxy groups -OCH3 is 1.